The van der Waals surface area contributed by atoms with Crippen LogP contribution < -0.4 is 0 Å². The molecule has 0 radical (unpaired) electrons. The van der Waals surface area contributed by atoms with Gasteiger partial charge in [0.1, 0.15) is 12.6 Å². The van der Waals surface area contributed by atoms with E-state index in [9.17, 15) is 4.79 Å². The minimum absolute atomic E-state index is 0.00815. The third kappa shape index (κ3) is 2.97. The molecule has 2 bridgehead atoms. The van der Waals surface area contributed by atoms with Gasteiger partial charge >= 0.3 is 0 Å². The quantitative estimate of drug-likeness (QED) is 0.513. The zero-order valence-corrected chi connectivity index (χ0v) is 18.5. The number of terminal acetylenes is 1. The molecule has 3 fully saturated rings. The largest absolute Gasteiger partial charge is 0.381 e. The molecule has 0 spiro atoms. The summed E-state index contributed by atoms with van der Waals surface area (Å²) >= 11 is 0. The number of carbonyl (C=O) groups excluding carboxylic acids is 1. The highest BCUT2D eigenvalue weighted by Crippen LogP contribution is 2.68. The van der Waals surface area contributed by atoms with Crippen molar-refractivity contribution < 1.29 is 19.0 Å². The second kappa shape index (κ2) is 7.74. The second-order valence-electron chi connectivity index (χ2n) is 10.1. The van der Waals surface area contributed by atoms with Crippen LogP contribution >= 0.6 is 0 Å². The fourth-order valence-corrected chi connectivity index (χ4v) is 7.27. The molecule has 3 aliphatic carbocycles. The monoisotopic (exact) mass is 390 g/mol. The number of ether oxygens (including phenoxy) is 3. The average Bonchev–Trinajstić information content (AvgIpc) is 3.07. The van der Waals surface area contributed by atoms with E-state index >= 15 is 0 Å². The standard InChI is InChI=1S/C24H38O4/c1-8-11-22(4)14-19(28-15-26-6)23(5)16(2)9-12-24(17(3)21(22)25)13-10-18(27-7)20(23)24/h1,16-20H,9-15H2,2-7H3/t16-,17+,18-,19-,20-,22-,23+,24+/m1/s1. The molecule has 0 amide bonds. The van der Waals surface area contributed by atoms with Crippen molar-refractivity contribution in [3.05, 3.63) is 0 Å². The van der Waals surface area contributed by atoms with E-state index in [0.717, 1.165) is 25.7 Å². The summed E-state index contributed by atoms with van der Waals surface area (Å²) in [6.07, 6.45) is 11.2. The van der Waals surface area contributed by atoms with Crippen molar-refractivity contribution in [1.82, 2.24) is 0 Å². The molecule has 3 saturated carbocycles. The Bertz CT molecular complexity index is 639. The van der Waals surface area contributed by atoms with Gasteiger partial charge in [0.2, 0.25) is 0 Å². The number of Topliss-reactive ketones (excluding diaryl/α,β-unsaturated/α-hetero) is 1. The molecular formula is C24H38O4. The molecule has 3 rings (SSSR count). The van der Waals surface area contributed by atoms with Crippen LogP contribution in [0.3, 0.4) is 0 Å². The van der Waals surface area contributed by atoms with Crippen molar-refractivity contribution in [1.29, 1.82) is 0 Å². The summed E-state index contributed by atoms with van der Waals surface area (Å²) in [5.74, 6) is 3.89. The molecule has 0 unspecified atom stereocenters. The third-order valence-corrected chi connectivity index (χ3v) is 9.02. The van der Waals surface area contributed by atoms with Gasteiger partial charge in [-0.15, -0.1) is 12.3 Å². The first-order valence-corrected chi connectivity index (χ1v) is 10.8. The van der Waals surface area contributed by atoms with E-state index in [-0.39, 0.29) is 35.7 Å². The lowest BCUT2D eigenvalue weighted by Crippen LogP contribution is -2.62. The molecule has 0 aromatic carbocycles. The number of rotatable bonds is 5. The fraction of sp³-hybridized carbons (Fsp3) is 0.875. The Labute approximate surface area is 171 Å². The predicted molar refractivity (Wildman–Crippen MR) is 110 cm³/mol. The van der Waals surface area contributed by atoms with Gasteiger partial charge in [-0.2, -0.15) is 0 Å². The molecule has 0 aromatic heterocycles. The summed E-state index contributed by atoms with van der Waals surface area (Å²) in [4.78, 5) is 13.8. The number of carbonyl (C=O) groups is 1. The zero-order chi connectivity index (χ0) is 20.7. The van der Waals surface area contributed by atoms with E-state index in [1.54, 1.807) is 7.11 Å². The van der Waals surface area contributed by atoms with Crippen LogP contribution in [0.1, 0.15) is 66.2 Å². The summed E-state index contributed by atoms with van der Waals surface area (Å²) in [6, 6.07) is 0. The highest BCUT2D eigenvalue weighted by molar-refractivity contribution is 5.88. The minimum atomic E-state index is -0.561. The van der Waals surface area contributed by atoms with E-state index in [1.807, 2.05) is 7.11 Å². The van der Waals surface area contributed by atoms with Gasteiger partial charge in [-0.3, -0.25) is 4.79 Å². The van der Waals surface area contributed by atoms with Gasteiger partial charge in [0.25, 0.3) is 0 Å². The smallest absolute Gasteiger partial charge is 0.146 e. The van der Waals surface area contributed by atoms with Crippen molar-refractivity contribution in [3.63, 3.8) is 0 Å². The Morgan fingerprint density at radius 1 is 1.18 bits per heavy atom. The molecule has 28 heavy (non-hydrogen) atoms. The lowest BCUT2D eigenvalue weighted by Gasteiger charge is -2.62. The van der Waals surface area contributed by atoms with E-state index < -0.39 is 5.41 Å². The van der Waals surface area contributed by atoms with Crippen LogP contribution in [0, 0.1) is 46.3 Å². The molecule has 8 atom stereocenters. The van der Waals surface area contributed by atoms with Gasteiger partial charge in [0, 0.05) is 37.4 Å². The highest BCUT2D eigenvalue weighted by atomic mass is 16.7. The topological polar surface area (TPSA) is 44.8 Å². The molecular weight excluding hydrogens is 352 g/mol. The zero-order valence-electron chi connectivity index (χ0n) is 18.5. The average molecular weight is 391 g/mol. The van der Waals surface area contributed by atoms with Gasteiger partial charge in [0.05, 0.1) is 12.2 Å². The van der Waals surface area contributed by atoms with Crippen LogP contribution in [0.15, 0.2) is 0 Å². The van der Waals surface area contributed by atoms with Crippen molar-refractivity contribution >= 4 is 5.78 Å². The number of methoxy groups -OCH3 is 2. The number of ketones is 1. The first-order valence-electron chi connectivity index (χ1n) is 10.8. The normalized spacial score (nSPS) is 48.5. The summed E-state index contributed by atoms with van der Waals surface area (Å²) in [5.41, 5.74) is -0.670. The fourth-order valence-electron chi connectivity index (χ4n) is 7.27. The minimum Gasteiger partial charge on any atom is -0.381 e. The van der Waals surface area contributed by atoms with Gasteiger partial charge in [-0.05, 0) is 49.4 Å². The highest BCUT2D eigenvalue weighted by Gasteiger charge is 2.68. The van der Waals surface area contributed by atoms with Crippen LogP contribution in [-0.2, 0) is 19.0 Å². The lowest BCUT2D eigenvalue weighted by molar-refractivity contribution is -0.219. The maximum absolute atomic E-state index is 13.8. The van der Waals surface area contributed by atoms with Crippen molar-refractivity contribution in [3.8, 4) is 12.3 Å². The maximum Gasteiger partial charge on any atom is 0.146 e. The summed E-state index contributed by atoms with van der Waals surface area (Å²) < 4.78 is 17.7. The van der Waals surface area contributed by atoms with Gasteiger partial charge < -0.3 is 14.2 Å². The van der Waals surface area contributed by atoms with Gasteiger partial charge in [-0.1, -0.05) is 27.7 Å². The Hall–Kier alpha value is -0.890. The molecule has 4 heteroatoms. The number of hydrogen-bond acceptors (Lipinski definition) is 4. The molecule has 0 saturated heterocycles. The van der Waals surface area contributed by atoms with Crippen LogP contribution in [0.4, 0.5) is 0 Å². The van der Waals surface area contributed by atoms with Gasteiger partial charge in [-0.25, -0.2) is 0 Å². The van der Waals surface area contributed by atoms with Crippen LogP contribution in [0.5, 0.6) is 0 Å². The number of hydrogen-bond donors (Lipinski definition) is 0. The van der Waals surface area contributed by atoms with Crippen LogP contribution in [-0.4, -0.2) is 39.0 Å². The van der Waals surface area contributed by atoms with E-state index in [1.165, 1.54) is 0 Å². The predicted octanol–water partition coefficient (Wildman–Crippen LogP) is 4.46. The summed E-state index contributed by atoms with van der Waals surface area (Å²) in [6.45, 7) is 9.19. The summed E-state index contributed by atoms with van der Waals surface area (Å²) in [5, 5.41) is 0. The molecule has 0 N–H and O–H groups in total. The van der Waals surface area contributed by atoms with E-state index in [4.69, 9.17) is 20.6 Å². The molecule has 0 aliphatic heterocycles. The molecule has 158 valence electrons. The lowest BCUT2D eigenvalue weighted by atomic mass is 9.44. The van der Waals surface area contributed by atoms with E-state index in [0.29, 0.717) is 30.5 Å². The Balaban J connectivity index is 2.19. The van der Waals surface area contributed by atoms with Crippen molar-refractivity contribution in [2.24, 2.45) is 34.0 Å². The van der Waals surface area contributed by atoms with Crippen LogP contribution in [0.2, 0.25) is 0 Å². The third-order valence-electron chi connectivity index (χ3n) is 9.02. The first-order chi connectivity index (χ1) is 13.2. The molecule has 3 aliphatic rings. The van der Waals surface area contributed by atoms with Crippen molar-refractivity contribution in [2.75, 3.05) is 21.0 Å². The van der Waals surface area contributed by atoms with Gasteiger partial charge in [0.15, 0.2) is 0 Å². The molecule has 0 heterocycles. The Kier molecular flexibility index (Phi) is 6.03. The van der Waals surface area contributed by atoms with Crippen LogP contribution in [0.25, 0.3) is 0 Å². The Morgan fingerprint density at radius 3 is 2.46 bits per heavy atom. The summed E-state index contributed by atoms with van der Waals surface area (Å²) in [7, 11) is 3.48. The SMILES string of the molecule is C#CC[C@]1(C)C[C@@H](OCOC)[C@]2(C)[C@H](C)CC[C@]3(CC[C@@H](OC)[C@@H]32)[C@@H](C)C1=O. The second-order valence-corrected chi connectivity index (χ2v) is 10.1. The van der Waals surface area contributed by atoms with Crippen molar-refractivity contribution in [2.45, 2.75) is 78.4 Å². The molecule has 0 aromatic rings. The van der Waals surface area contributed by atoms with E-state index in [2.05, 4.69) is 33.6 Å². The molecule has 4 nitrogen and oxygen atoms in total. The maximum atomic E-state index is 13.8. The first kappa shape index (κ1) is 21.8. The Morgan fingerprint density at radius 2 is 1.86 bits per heavy atom.